The number of likely N-dealkylation sites (tertiary alicyclic amines) is 2. The van der Waals surface area contributed by atoms with E-state index in [4.69, 9.17) is 0 Å². The molecule has 0 spiro atoms. The van der Waals surface area contributed by atoms with Gasteiger partial charge in [0.15, 0.2) is 0 Å². The molecule has 0 aromatic carbocycles. The van der Waals surface area contributed by atoms with E-state index in [1.165, 1.54) is 0 Å². The highest BCUT2D eigenvalue weighted by Gasteiger charge is 2.49. The summed E-state index contributed by atoms with van der Waals surface area (Å²) < 4.78 is 38.5. The Morgan fingerprint density at radius 1 is 0.957 bits per heavy atom. The van der Waals surface area contributed by atoms with Crippen molar-refractivity contribution < 1.29 is 22.8 Å². The average molecular weight is 335 g/mol. The quantitative estimate of drug-likeness (QED) is 0.842. The number of urea groups is 1. The SMILES string of the molecule is CC(C)(NC(=O)C1CCN(C(=O)N2CCCC2)CC1)C(F)(F)F. The van der Waals surface area contributed by atoms with Crippen molar-refractivity contribution in [1.82, 2.24) is 15.1 Å². The summed E-state index contributed by atoms with van der Waals surface area (Å²) in [6.07, 6.45) is -1.66. The summed E-state index contributed by atoms with van der Waals surface area (Å²) >= 11 is 0. The van der Waals surface area contributed by atoms with Crippen LogP contribution in [0.2, 0.25) is 0 Å². The van der Waals surface area contributed by atoms with Crippen molar-refractivity contribution in [2.75, 3.05) is 26.2 Å². The zero-order valence-corrected chi connectivity index (χ0v) is 13.6. The molecule has 5 nitrogen and oxygen atoms in total. The fourth-order valence-electron chi connectivity index (χ4n) is 2.92. The van der Waals surface area contributed by atoms with Crippen molar-refractivity contribution in [3.8, 4) is 0 Å². The molecule has 2 heterocycles. The van der Waals surface area contributed by atoms with Crippen molar-refractivity contribution in [2.45, 2.75) is 51.2 Å². The predicted octanol–water partition coefficient (Wildman–Crippen LogP) is 2.37. The molecule has 0 aliphatic carbocycles. The van der Waals surface area contributed by atoms with Crippen LogP contribution in [0.4, 0.5) is 18.0 Å². The molecule has 2 aliphatic heterocycles. The monoisotopic (exact) mass is 335 g/mol. The maximum absolute atomic E-state index is 12.8. The first-order valence-electron chi connectivity index (χ1n) is 8.04. The lowest BCUT2D eigenvalue weighted by atomic mass is 9.94. The van der Waals surface area contributed by atoms with E-state index in [1.54, 1.807) is 9.80 Å². The number of nitrogens with one attached hydrogen (secondary N) is 1. The summed E-state index contributed by atoms with van der Waals surface area (Å²) in [7, 11) is 0. The molecule has 0 saturated carbocycles. The van der Waals surface area contributed by atoms with E-state index in [1.807, 2.05) is 0 Å². The van der Waals surface area contributed by atoms with Gasteiger partial charge < -0.3 is 15.1 Å². The second kappa shape index (κ2) is 6.57. The van der Waals surface area contributed by atoms with Gasteiger partial charge in [0.05, 0.1) is 0 Å². The third kappa shape index (κ3) is 4.09. The Hall–Kier alpha value is -1.47. The van der Waals surface area contributed by atoms with Crippen LogP contribution >= 0.6 is 0 Å². The third-order valence-corrected chi connectivity index (χ3v) is 4.66. The Bertz CT molecular complexity index is 451. The number of alkyl halides is 3. The molecule has 0 aromatic rings. The number of carbonyl (C=O) groups excluding carboxylic acids is 2. The van der Waals surface area contributed by atoms with Crippen molar-refractivity contribution in [2.24, 2.45) is 5.92 Å². The summed E-state index contributed by atoms with van der Waals surface area (Å²) in [5.41, 5.74) is -2.24. The topological polar surface area (TPSA) is 52.7 Å². The predicted molar refractivity (Wildman–Crippen MR) is 78.8 cm³/mol. The van der Waals surface area contributed by atoms with Crippen molar-refractivity contribution in [1.29, 1.82) is 0 Å². The Balaban J connectivity index is 1.84. The highest BCUT2D eigenvalue weighted by atomic mass is 19.4. The second-order valence-corrected chi connectivity index (χ2v) is 6.85. The van der Waals surface area contributed by atoms with Crippen LogP contribution in [0, 0.1) is 5.92 Å². The largest absolute Gasteiger partial charge is 0.410 e. The van der Waals surface area contributed by atoms with E-state index >= 15 is 0 Å². The first-order chi connectivity index (χ1) is 10.6. The third-order valence-electron chi connectivity index (χ3n) is 4.66. The van der Waals surface area contributed by atoms with Gasteiger partial charge in [0, 0.05) is 32.1 Å². The van der Waals surface area contributed by atoms with E-state index < -0.39 is 23.5 Å². The minimum atomic E-state index is -4.49. The molecule has 0 atom stereocenters. The molecule has 2 fully saturated rings. The molecule has 0 bridgehead atoms. The lowest BCUT2D eigenvalue weighted by molar-refractivity contribution is -0.189. The van der Waals surface area contributed by atoms with Crippen LogP contribution < -0.4 is 5.32 Å². The number of halogens is 3. The van der Waals surface area contributed by atoms with Gasteiger partial charge in [-0.3, -0.25) is 4.79 Å². The number of carbonyl (C=O) groups is 2. The van der Waals surface area contributed by atoms with Gasteiger partial charge in [-0.25, -0.2) is 4.79 Å². The van der Waals surface area contributed by atoms with E-state index in [0.29, 0.717) is 25.9 Å². The van der Waals surface area contributed by atoms with Gasteiger partial charge in [-0.1, -0.05) is 0 Å². The van der Waals surface area contributed by atoms with Crippen molar-refractivity contribution in [3.63, 3.8) is 0 Å². The highest BCUT2D eigenvalue weighted by molar-refractivity contribution is 5.80. The molecule has 3 amide bonds. The van der Waals surface area contributed by atoms with Gasteiger partial charge in [-0.15, -0.1) is 0 Å². The smallest absolute Gasteiger partial charge is 0.342 e. The van der Waals surface area contributed by atoms with Crippen LogP contribution in [0.5, 0.6) is 0 Å². The zero-order chi connectivity index (χ0) is 17.3. The number of amides is 3. The highest BCUT2D eigenvalue weighted by Crippen LogP contribution is 2.30. The molecule has 2 aliphatic rings. The first-order valence-corrected chi connectivity index (χ1v) is 8.04. The number of piperidine rings is 1. The Kier molecular flexibility index (Phi) is 5.10. The molecule has 2 saturated heterocycles. The second-order valence-electron chi connectivity index (χ2n) is 6.85. The number of hydrogen-bond acceptors (Lipinski definition) is 2. The molecule has 2 rings (SSSR count). The molecular weight excluding hydrogens is 311 g/mol. The maximum Gasteiger partial charge on any atom is 0.410 e. The van der Waals surface area contributed by atoms with E-state index in [9.17, 15) is 22.8 Å². The van der Waals surface area contributed by atoms with Crippen LogP contribution in [0.3, 0.4) is 0 Å². The van der Waals surface area contributed by atoms with Crippen LogP contribution in [0.1, 0.15) is 39.5 Å². The van der Waals surface area contributed by atoms with Gasteiger partial charge in [0.25, 0.3) is 0 Å². The zero-order valence-electron chi connectivity index (χ0n) is 13.6. The van der Waals surface area contributed by atoms with Crippen LogP contribution in [0.15, 0.2) is 0 Å². The first kappa shape index (κ1) is 17.9. The summed E-state index contributed by atoms with van der Waals surface area (Å²) in [4.78, 5) is 27.8. The van der Waals surface area contributed by atoms with Gasteiger partial charge in [0.1, 0.15) is 5.54 Å². The summed E-state index contributed by atoms with van der Waals surface area (Å²) in [5.74, 6) is -1.06. The van der Waals surface area contributed by atoms with Gasteiger partial charge >= 0.3 is 12.2 Å². The molecule has 0 aromatic heterocycles. The number of rotatable bonds is 2. The molecular formula is C15H24F3N3O2. The van der Waals surface area contributed by atoms with Gasteiger partial charge in [-0.2, -0.15) is 13.2 Å². The van der Waals surface area contributed by atoms with Crippen molar-refractivity contribution >= 4 is 11.9 Å². The van der Waals surface area contributed by atoms with Crippen LogP contribution in [0.25, 0.3) is 0 Å². The Labute approximate surface area is 134 Å². The molecule has 23 heavy (non-hydrogen) atoms. The summed E-state index contributed by atoms with van der Waals surface area (Å²) in [6, 6.07) is -0.0167. The fourth-order valence-corrected chi connectivity index (χ4v) is 2.92. The van der Waals surface area contributed by atoms with Gasteiger partial charge in [0.2, 0.25) is 5.91 Å². The molecule has 1 N–H and O–H groups in total. The Morgan fingerprint density at radius 2 is 1.43 bits per heavy atom. The van der Waals surface area contributed by atoms with Gasteiger partial charge in [-0.05, 0) is 39.5 Å². The van der Waals surface area contributed by atoms with E-state index in [2.05, 4.69) is 5.32 Å². The molecule has 0 radical (unpaired) electrons. The Morgan fingerprint density at radius 3 is 1.91 bits per heavy atom. The normalized spacial score (nSPS) is 20.7. The van der Waals surface area contributed by atoms with Crippen molar-refractivity contribution in [3.05, 3.63) is 0 Å². The summed E-state index contributed by atoms with van der Waals surface area (Å²) in [6.45, 7) is 4.27. The lowest BCUT2D eigenvalue weighted by Gasteiger charge is -2.36. The average Bonchev–Trinajstić information content (AvgIpc) is 2.99. The van der Waals surface area contributed by atoms with E-state index in [0.717, 1.165) is 39.8 Å². The molecule has 8 heteroatoms. The minimum absolute atomic E-state index is 0.0167. The summed E-state index contributed by atoms with van der Waals surface area (Å²) in [5, 5.41) is 2.09. The maximum atomic E-state index is 12.8. The lowest BCUT2D eigenvalue weighted by Crippen LogP contribution is -2.56. The number of hydrogen-bond donors (Lipinski definition) is 1. The molecule has 0 unspecified atom stereocenters. The molecule has 132 valence electrons. The number of nitrogens with zero attached hydrogens (tertiary/aromatic N) is 2. The van der Waals surface area contributed by atoms with Crippen LogP contribution in [-0.2, 0) is 4.79 Å². The van der Waals surface area contributed by atoms with E-state index in [-0.39, 0.29) is 6.03 Å². The minimum Gasteiger partial charge on any atom is -0.342 e. The van der Waals surface area contributed by atoms with Crippen LogP contribution in [-0.4, -0.2) is 59.6 Å². The fraction of sp³-hybridized carbons (Fsp3) is 0.867. The standard InChI is InChI=1S/C15H24F3N3O2/c1-14(2,15(16,17)18)19-12(22)11-5-9-21(10-6-11)13(23)20-7-3-4-8-20/h11H,3-10H2,1-2H3,(H,19,22).